The number of aromatic nitrogens is 2. The number of aromatic amines is 1. The quantitative estimate of drug-likeness (QED) is 0.922. The van der Waals surface area contributed by atoms with Gasteiger partial charge in [0.05, 0.1) is 25.2 Å². The second-order valence-corrected chi connectivity index (χ2v) is 5.36. The Morgan fingerprint density at radius 3 is 2.71 bits per heavy atom. The second-order valence-electron chi connectivity index (χ2n) is 5.36. The molecule has 0 bridgehead atoms. The molecule has 1 aliphatic heterocycles. The van der Waals surface area contributed by atoms with E-state index in [0.717, 1.165) is 17.7 Å². The summed E-state index contributed by atoms with van der Waals surface area (Å²) in [5.74, 6) is 1.54. The molecule has 1 aromatic heterocycles. The zero-order chi connectivity index (χ0) is 14.8. The maximum absolute atomic E-state index is 12.0. The molecule has 1 aromatic carbocycles. The number of benzene rings is 1. The topological polar surface area (TPSA) is 64.2 Å². The Morgan fingerprint density at radius 2 is 1.95 bits per heavy atom. The van der Waals surface area contributed by atoms with E-state index in [4.69, 9.17) is 9.47 Å². The highest BCUT2D eigenvalue weighted by molar-refractivity contribution is 5.67. The van der Waals surface area contributed by atoms with Gasteiger partial charge >= 0.3 is 0 Å². The van der Waals surface area contributed by atoms with Crippen LogP contribution in [0.1, 0.15) is 31.7 Å². The predicted molar refractivity (Wildman–Crippen MR) is 80.0 cm³/mol. The van der Waals surface area contributed by atoms with Gasteiger partial charge in [-0.3, -0.25) is 4.79 Å². The van der Waals surface area contributed by atoms with Crippen LogP contribution in [0.25, 0.3) is 11.3 Å². The van der Waals surface area contributed by atoms with Crippen LogP contribution in [-0.2, 0) is 0 Å². The summed E-state index contributed by atoms with van der Waals surface area (Å²) in [5, 5.41) is 0. The van der Waals surface area contributed by atoms with Crippen molar-refractivity contribution in [3.8, 4) is 22.8 Å². The van der Waals surface area contributed by atoms with Gasteiger partial charge in [-0.25, -0.2) is 4.98 Å². The third-order valence-corrected chi connectivity index (χ3v) is 3.49. The van der Waals surface area contributed by atoms with Gasteiger partial charge in [0.1, 0.15) is 0 Å². The summed E-state index contributed by atoms with van der Waals surface area (Å²) in [6.07, 6.45) is 2.30. The van der Waals surface area contributed by atoms with Crippen LogP contribution in [-0.4, -0.2) is 23.2 Å². The highest BCUT2D eigenvalue weighted by Gasteiger charge is 2.17. The van der Waals surface area contributed by atoms with E-state index in [0.29, 0.717) is 30.2 Å². The molecule has 2 heterocycles. The van der Waals surface area contributed by atoms with E-state index in [1.54, 1.807) is 0 Å². The standard InChI is InChI=1S/C16H18N2O3/c1-10(2)14-15(17-9-18-16(14)19)11-4-5-12-13(8-11)21-7-3-6-20-12/h4-5,8-10H,3,6-7H2,1-2H3,(H,17,18,19). The molecule has 21 heavy (non-hydrogen) atoms. The van der Waals surface area contributed by atoms with E-state index < -0.39 is 0 Å². The number of nitrogens with one attached hydrogen (secondary N) is 1. The molecule has 5 heteroatoms. The minimum Gasteiger partial charge on any atom is -0.490 e. The van der Waals surface area contributed by atoms with Gasteiger partial charge in [-0.15, -0.1) is 0 Å². The molecule has 0 aliphatic carbocycles. The zero-order valence-corrected chi connectivity index (χ0v) is 12.2. The number of rotatable bonds is 2. The van der Waals surface area contributed by atoms with Crippen molar-refractivity contribution in [2.45, 2.75) is 26.2 Å². The predicted octanol–water partition coefficient (Wildman–Crippen LogP) is 2.72. The Labute approximate surface area is 123 Å². The fourth-order valence-corrected chi connectivity index (χ4v) is 2.49. The smallest absolute Gasteiger partial charge is 0.254 e. The maximum atomic E-state index is 12.0. The van der Waals surface area contributed by atoms with Gasteiger partial charge in [0.2, 0.25) is 0 Å². The summed E-state index contributed by atoms with van der Waals surface area (Å²) in [6.45, 7) is 5.26. The second kappa shape index (κ2) is 5.60. The largest absolute Gasteiger partial charge is 0.490 e. The zero-order valence-electron chi connectivity index (χ0n) is 12.2. The van der Waals surface area contributed by atoms with Crippen LogP contribution in [0, 0.1) is 0 Å². The highest BCUT2D eigenvalue weighted by Crippen LogP contribution is 2.35. The summed E-state index contributed by atoms with van der Waals surface area (Å²) in [4.78, 5) is 19.0. The van der Waals surface area contributed by atoms with Crippen molar-refractivity contribution in [3.63, 3.8) is 0 Å². The Bertz CT molecular complexity index is 707. The van der Waals surface area contributed by atoms with Gasteiger partial charge < -0.3 is 14.5 Å². The van der Waals surface area contributed by atoms with E-state index in [-0.39, 0.29) is 11.5 Å². The first-order valence-corrected chi connectivity index (χ1v) is 7.14. The third kappa shape index (κ3) is 2.63. The molecule has 0 atom stereocenters. The molecular weight excluding hydrogens is 268 g/mol. The fraction of sp³-hybridized carbons (Fsp3) is 0.375. The van der Waals surface area contributed by atoms with Crippen LogP contribution in [0.4, 0.5) is 0 Å². The molecule has 0 saturated carbocycles. The number of H-pyrrole nitrogens is 1. The number of nitrogens with zero attached hydrogens (tertiary/aromatic N) is 1. The minimum atomic E-state index is -0.0953. The lowest BCUT2D eigenvalue weighted by Gasteiger charge is -2.13. The first-order valence-electron chi connectivity index (χ1n) is 7.14. The van der Waals surface area contributed by atoms with Crippen molar-refractivity contribution in [1.29, 1.82) is 0 Å². The molecule has 0 fully saturated rings. The minimum absolute atomic E-state index is 0.0911. The van der Waals surface area contributed by atoms with Crippen LogP contribution >= 0.6 is 0 Å². The third-order valence-electron chi connectivity index (χ3n) is 3.49. The molecule has 1 aliphatic rings. The van der Waals surface area contributed by atoms with Crippen molar-refractivity contribution in [2.24, 2.45) is 0 Å². The first kappa shape index (κ1) is 13.7. The van der Waals surface area contributed by atoms with E-state index in [1.165, 1.54) is 6.33 Å². The monoisotopic (exact) mass is 286 g/mol. The molecule has 0 unspecified atom stereocenters. The average Bonchev–Trinajstić information content (AvgIpc) is 2.71. The Balaban J connectivity index is 2.11. The van der Waals surface area contributed by atoms with Crippen molar-refractivity contribution in [2.75, 3.05) is 13.2 Å². The Hall–Kier alpha value is -2.30. The van der Waals surface area contributed by atoms with Crippen molar-refractivity contribution >= 4 is 0 Å². The fourth-order valence-electron chi connectivity index (χ4n) is 2.49. The molecular formula is C16H18N2O3. The van der Waals surface area contributed by atoms with Gasteiger partial charge in [-0.1, -0.05) is 13.8 Å². The summed E-state index contributed by atoms with van der Waals surface area (Å²) >= 11 is 0. The Kier molecular flexibility index (Phi) is 3.64. The Morgan fingerprint density at radius 1 is 1.19 bits per heavy atom. The lowest BCUT2D eigenvalue weighted by Crippen LogP contribution is -2.16. The SMILES string of the molecule is CC(C)c1c(-c2ccc3c(c2)OCCCO3)nc[nH]c1=O. The van der Waals surface area contributed by atoms with Crippen LogP contribution < -0.4 is 15.0 Å². The van der Waals surface area contributed by atoms with E-state index in [1.807, 2.05) is 32.0 Å². The van der Waals surface area contributed by atoms with Gasteiger partial charge in [0.25, 0.3) is 5.56 Å². The summed E-state index contributed by atoms with van der Waals surface area (Å²) in [5.41, 5.74) is 2.16. The van der Waals surface area contributed by atoms with Gasteiger partial charge in [0, 0.05) is 17.5 Å². The van der Waals surface area contributed by atoms with Gasteiger partial charge in [-0.05, 0) is 24.1 Å². The van der Waals surface area contributed by atoms with Crippen LogP contribution in [0.3, 0.4) is 0 Å². The molecule has 0 saturated heterocycles. The van der Waals surface area contributed by atoms with E-state index in [9.17, 15) is 4.79 Å². The molecule has 110 valence electrons. The molecule has 0 radical (unpaired) electrons. The molecule has 0 spiro atoms. The van der Waals surface area contributed by atoms with Gasteiger partial charge in [-0.2, -0.15) is 0 Å². The number of hydrogen-bond donors (Lipinski definition) is 1. The molecule has 1 N–H and O–H groups in total. The van der Waals surface area contributed by atoms with E-state index >= 15 is 0 Å². The molecule has 2 aromatic rings. The molecule has 0 amide bonds. The maximum Gasteiger partial charge on any atom is 0.254 e. The lowest BCUT2D eigenvalue weighted by atomic mass is 9.98. The van der Waals surface area contributed by atoms with Gasteiger partial charge in [0.15, 0.2) is 11.5 Å². The number of hydrogen-bond acceptors (Lipinski definition) is 4. The summed E-state index contributed by atoms with van der Waals surface area (Å²) in [7, 11) is 0. The summed E-state index contributed by atoms with van der Waals surface area (Å²) in [6, 6.07) is 5.69. The normalized spacial score (nSPS) is 14.0. The molecule has 3 rings (SSSR count). The summed E-state index contributed by atoms with van der Waals surface area (Å²) < 4.78 is 11.3. The van der Waals surface area contributed by atoms with Crippen molar-refractivity contribution < 1.29 is 9.47 Å². The van der Waals surface area contributed by atoms with Crippen LogP contribution in [0.15, 0.2) is 29.3 Å². The van der Waals surface area contributed by atoms with E-state index in [2.05, 4.69) is 9.97 Å². The van der Waals surface area contributed by atoms with Crippen LogP contribution in [0.5, 0.6) is 11.5 Å². The number of ether oxygens (including phenoxy) is 2. The average molecular weight is 286 g/mol. The van der Waals surface area contributed by atoms with Crippen molar-refractivity contribution in [3.05, 3.63) is 40.4 Å². The molecule has 5 nitrogen and oxygen atoms in total. The lowest BCUT2D eigenvalue weighted by molar-refractivity contribution is 0.297. The number of fused-ring (bicyclic) bond motifs is 1. The van der Waals surface area contributed by atoms with Crippen molar-refractivity contribution in [1.82, 2.24) is 9.97 Å². The van der Waals surface area contributed by atoms with Crippen LogP contribution in [0.2, 0.25) is 0 Å². The first-order chi connectivity index (χ1) is 10.2. The highest BCUT2D eigenvalue weighted by atomic mass is 16.5.